The van der Waals surface area contributed by atoms with E-state index in [2.05, 4.69) is 45.1 Å². The first-order valence-electron chi connectivity index (χ1n) is 25.8. The summed E-state index contributed by atoms with van der Waals surface area (Å²) in [7, 11) is 0. The van der Waals surface area contributed by atoms with Crippen LogP contribution in [-0.2, 0) is 28.6 Å². The lowest BCUT2D eigenvalue weighted by molar-refractivity contribution is -0.167. The standard InChI is InChI=1S/C53H98O6/c1-4-7-10-13-16-18-20-21-22-23-24-25-26-27-28-29-30-31-32-33-34-36-37-40-43-46-52(55)58-49-50(48-57-51(54)45-42-39-15-12-9-6-3)59-53(56)47-44-41-38-35-19-17-14-11-8-5-2/h11,14,23-24,50H,4-10,12-13,15-22,25-49H2,1-3H3/b14-11-,24-23-. The molecule has 0 aliphatic heterocycles. The lowest BCUT2D eigenvalue weighted by Gasteiger charge is -2.18. The monoisotopic (exact) mass is 831 g/mol. The number of allylic oxidation sites excluding steroid dienone is 4. The molecule has 6 nitrogen and oxygen atoms in total. The zero-order chi connectivity index (χ0) is 43.0. The van der Waals surface area contributed by atoms with Crippen LogP contribution in [0.4, 0.5) is 0 Å². The number of hydrogen-bond donors (Lipinski definition) is 0. The van der Waals surface area contributed by atoms with E-state index in [1.54, 1.807) is 0 Å². The second-order valence-electron chi connectivity index (χ2n) is 17.4. The molecule has 0 amide bonds. The predicted octanol–water partition coefficient (Wildman–Crippen LogP) is 16.8. The minimum atomic E-state index is -0.767. The summed E-state index contributed by atoms with van der Waals surface area (Å²) in [5.41, 5.74) is 0. The SMILES string of the molecule is CCC/C=C\CCCCCCCC(=O)OC(COC(=O)CCCCCCCC)COC(=O)CCCCCCCCCCCCCCC/C=C\CCCCCCCCCC. The van der Waals surface area contributed by atoms with Gasteiger partial charge in [-0.2, -0.15) is 0 Å². The molecule has 0 saturated carbocycles. The third-order valence-corrected chi connectivity index (χ3v) is 11.4. The molecule has 0 aliphatic rings. The molecule has 0 radical (unpaired) electrons. The topological polar surface area (TPSA) is 78.9 Å². The Kier molecular flexibility index (Phi) is 46.8. The van der Waals surface area contributed by atoms with Crippen LogP contribution in [0.2, 0.25) is 0 Å². The van der Waals surface area contributed by atoms with Gasteiger partial charge in [0.05, 0.1) is 0 Å². The van der Waals surface area contributed by atoms with E-state index >= 15 is 0 Å². The Hall–Kier alpha value is -2.11. The van der Waals surface area contributed by atoms with E-state index < -0.39 is 6.10 Å². The average Bonchev–Trinajstić information content (AvgIpc) is 3.23. The van der Waals surface area contributed by atoms with Gasteiger partial charge in [0, 0.05) is 19.3 Å². The third-order valence-electron chi connectivity index (χ3n) is 11.4. The van der Waals surface area contributed by atoms with E-state index in [0.29, 0.717) is 19.3 Å². The van der Waals surface area contributed by atoms with Crippen LogP contribution in [0.1, 0.15) is 278 Å². The average molecular weight is 831 g/mol. The molecule has 0 aliphatic carbocycles. The molecule has 59 heavy (non-hydrogen) atoms. The van der Waals surface area contributed by atoms with Crippen molar-refractivity contribution in [1.82, 2.24) is 0 Å². The largest absolute Gasteiger partial charge is 0.462 e. The summed E-state index contributed by atoms with van der Waals surface area (Å²) < 4.78 is 16.6. The van der Waals surface area contributed by atoms with Crippen LogP contribution in [-0.4, -0.2) is 37.2 Å². The molecule has 1 unspecified atom stereocenters. The van der Waals surface area contributed by atoms with Gasteiger partial charge in [-0.3, -0.25) is 14.4 Å². The van der Waals surface area contributed by atoms with E-state index in [4.69, 9.17) is 14.2 Å². The quantitative estimate of drug-likeness (QED) is 0.0263. The normalized spacial score (nSPS) is 12.1. The molecule has 0 bridgehead atoms. The van der Waals surface area contributed by atoms with Crippen LogP contribution in [0.25, 0.3) is 0 Å². The highest BCUT2D eigenvalue weighted by molar-refractivity contribution is 5.71. The number of unbranched alkanes of at least 4 members (excludes halogenated alkanes) is 32. The van der Waals surface area contributed by atoms with Gasteiger partial charge in [-0.25, -0.2) is 0 Å². The zero-order valence-electron chi connectivity index (χ0n) is 39.5. The van der Waals surface area contributed by atoms with Crippen molar-refractivity contribution in [2.75, 3.05) is 13.2 Å². The Balaban J connectivity index is 4.01. The van der Waals surface area contributed by atoms with Crippen molar-refractivity contribution in [2.45, 2.75) is 284 Å². The highest BCUT2D eigenvalue weighted by Gasteiger charge is 2.19. The van der Waals surface area contributed by atoms with Crippen molar-refractivity contribution in [1.29, 1.82) is 0 Å². The van der Waals surface area contributed by atoms with E-state index in [-0.39, 0.29) is 31.1 Å². The molecule has 346 valence electrons. The number of carbonyl (C=O) groups is 3. The van der Waals surface area contributed by atoms with Crippen LogP contribution in [0, 0.1) is 0 Å². The number of carbonyl (C=O) groups excluding carboxylic acids is 3. The van der Waals surface area contributed by atoms with Crippen molar-refractivity contribution in [3.63, 3.8) is 0 Å². The van der Waals surface area contributed by atoms with Gasteiger partial charge in [-0.1, -0.05) is 218 Å². The smallest absolute Gasteiger partial charge is 0.306 e. The lowest BCUT2D eigenvalue weighted by Crippen LogP contribution is -2.30. The number of hydrogen-bond acceptors (Lipinski definition) is 6. The molecule has 0 aromatic carbocycles. The summed E-state index contributed by atoms with van der Waals surface area (Å²) in [5.74, 6) is -0.885. The summed E-state index contributed by atoms with van der Waals surface area (Å²) in [6.07, 6.45) is 55.0. The molecule has 0 heterocycles. The Morgan fingerprint density at radius 1 is 0.322 bits per heavy atom. The fourth-order valence-electron chi connectivity index (χ4n) is 7.50. The molecule has 6 heteroatoms. The van der Waals surface area contributed by atoms with Gasteiger partial charge in [0.15, 0.2) is 6.10 Å². The van der Waals surface area contributed by atoms with Crippen LogP contribution in [0.3, 0.4) is 0 Å². The van der Waals surface area contributed by atoms with Crippen LogP contribution < -0.4 is 0 Å². The molecule has 0 N–H and O–H groups in total. The van der Waals surface area contributed by atoms with Crippen LogP contribution in [0.15, 0.2) is 24.3 Å². The van der Waals surface area contributed by atoms with E-state index in [9.17, 15) is 14.4 Å². The van der Waals surface area contributed by atoms with Gasteiger partial charge in [-0.05, 0) is 64.2 Å². The maximum absolute atomic E-state index is 12.7. The second kappa shape index (κ2) is 48.6. The van der Waals surface area contributed by atoms with E-state index in [1.165, 1.54) is 161 Å². The van der Waals surface area contributed by atoms with E-state index in [0.717, 1.165) is 77.0 Å². The minimum absolute atomic E-state index is 0.0722. The highest BCUT2D eigenvalue weighted by Crippen LogP contribution is 2.16. The zero-order valence-corrected chi connectivity index (χ0v) is 39.5. The fourth-order valence-corrected chi connectivity index (χ4v) is 7.50. The summed E-state index contributed by atoms with van der Waals surface area (Å²) in [6.45, 7) is 6.53. The molecule has 0 aromatic heterocycles. The minimum Gasteiger partial charge on any atom is -0.462 e. The number of esters is 3. The summed E-state index contributed by atoms with van der Waals surface area (Å²) >= 11 is 0. The first-order chi connectivity index (χ1) is 29.0. The van der Waals surface area contributed by atoms with Gasteiger partial charge in [0.1, 0.15) is 13.2 Å². The molecule has 0 rings (SSSR count). The van der Waals surface area contributed by atoms with Crippen molar-refractivity contribution in [2.24, 2.45) is 0 Å². The third kappa shape index (κ3) is 46.8. The second-order valence-corrected chi connectivity index (χ2v) is 17.4. The molecule has 0 fully saturated rings. The lowest BCUT2D eigenvalue weighted by atomic mass is 10.0. The van der Waals surface area contributed by atoms with Crippen LogP contribution in [0.5, 0.6) is 0 Å². The maximum atomic E-state index is 12.7. The Bertz CT molecular complexity index is 958. The number of rotatable bonds is 47. The number of ether oxygens (including phenoxy) is 3. The molecular formula is C53H98O6. The van der Waals surface area contributed by atoms with Gasteiger partial charge < -0.3 is 14.2 Å². The van der Waals surface area contributed by atoms with Crippen molar-refractivity contribution >= 4 is 17.9 Å². The highest BCUT2D eigenvalue weighted by atomic mass is 16.6. The Morgan fingerprint density at radius 3 is 0.915 bits per heavy atom. The van der Waals surface area contributed by atoms with Crippen molar-refractivity contribution < 1.29 is 28.6 Å². The summed E-state index contributed by atoms with van der Waals surface area (Å²) in [5, 5.41) is 0. The summed E-state index contributed by atoms with van der Waals surface area (Å²) in [6, 6.07) is 0. The fraction of sp³-hybridized carbons (Fsp3) is 0.868. The Labute approximate surface area is 366 Å². The van der Waals surface area contributed by atoms with Crippen LogP contribution >= 0.6 is 0 Å². The molecule has 0 aromatic rings. The van der Waals surface area contributed by atoms with Crippen molar-refractivity contribution in [3.05, 3.63) is 24.3 Å². The predicted molar refractivity (Wildman–Crippen MR) is 252 cm³/mol. The van der Waals surface area contributed by atoms with Gasteiger partial charge >= 0.3 is 17.9 Å². The van der Waals surface area contributed by atoms with Gasteiger partial charge in [0.2, 0.25) is 0 Å². The van der Waals surface area contributed by atoms with Crippen molar-refractivity contribution in [3.8, 4) is 0 Å². The Morgan fingerprint density at radius 2 is 0.593 bits per heavy atom. The molecule has 0 spiro atoms. The van der Waals surface area contributed by atoms with Gasteiger partial charge in [-0.15, -0.1) is 0 Å². The van der Waals surface area contributed by atoms with E-state index in [1.807, 2.05) is 0 Å². The van der Waals surface area contributed by atoms with Gasteiger partial charge in [0.25, 0.3) is 0 Å². The molecular weight excluding hydrogens is 733 g/mol. The first-order valence-corrected chi connectivity index (χ1v) is 25.8. The maximum Gasteiger partial charge on any atom is 0.306 e. The molecule has 1 atom stereocenters. The summed E-state index contributed by atoms with van der Waals surface area (Å²) in [4.78, 5) is 37.6. The molecule has 0 saturated heterocycles. The first kappa shape index (κ1) is 56.9.